The molecule has 0 aromatic carbocycles. The first-order valence-electron chi connectivity index (χ1n) is 8.78. The van der Waals surface area contributed by atoms with Crippen molar-refractivity contribution in [2.75, 3.05) is 52.9 Å². The number of nitrogens with zero attached hydrogens (tertiary/aromatic N) is 2. The zero-order valence-electron chi connectivity index (χ0n) is 14.1. The van der Waals surface area contributed by atoms with Crippen molar-refractivity contribution in [3.8, 4) is 0 Å². The highest BCUT2D eigenvalue weighted by atomic mass is 15.3. The standard InChI is InChI=1S/C17H38N2/c1-5-19(6-2,7-3)17-13-9-12-16-18(4)14-10-8-11-15-18/h5-17H2,1-4H3/q+2. The number of quaternary nitrogens is 2. The monoisotopic (exact) mass is 270 g/mol. The lowest BCUT2D eigenvalue weighted by Gasteiger charge is -2.38. The van der Waals surface area contributed by atoms with Gasteiger partial charge in [0.15, 0.2) is 0 Å². The molecule has 1 aliphatic heterocycles. The molecule has 2 nitrogen and oxygen atoms in total. The van der Waals surface area contributed by atoms with Crippen LogP contribution >= 0.6 is 0 Å². The summed E-state index contributed by atoms with van der Waals surface area (Å²) in [5.41, 5.74) is 0. The molecule has 1 aliphatic rings. The largest absolute Gasteiger partial charge is 0.326 e. The van der Waals surface area contributed by atoms with Crippen LogP contribution in [-0.4, -0.2) is 61.8 Å². The van der Waals surface area contributed by atoms with Gasteiger partial charge in [-0.15, -0.1) is 0 Å². The fraction of sp³-hybridized carbons (Fsp3) is 1.00. The molecule has 0 atom stereocenters. The molecule has 0 N–H and O–H groups in total. The summed E-state index contributed by atoms with van der Waals surface area (Å²) < 4.78 is 2.68. The Balaban J connectivity index is 2.16. The number of likely N-dealkylation sites (tertiary alicyclic amines) is 1. The minimum absolute atomic E-state index is 1.31. The lowest BCUT2D eigenvalue weighted by molar-refractivity contribution is -0.923. The summed E-state index contributed by atoms with van der Waals surface area (Å²) in [6.45, 7) is 16.7. The van der Waals surface area contributed by atoms with E-state index in [1.165, 1.54) is 93.3 Å². The summed E-state index contributed by atoms with van der Waals surface area (Å²) in [7, 11) is 2.48. The van der Waals surface area contributed by atoms with Gasteiger partial charge >= 0.3 is 0 Å². The second-order valence-corrected chi connectivity index (χ2v) is 6.93. The second kappa shape index (κ2) is 8.26. The molecule has 0 spiro atoms. The van der Waals surface area contributed by atoms with Gasteiger partial charge in [0, 0.05) is 0 Å². The maximum atomic E-state index is 2.48. The topological polar surface area (TPSA) is 0 Å². The molecule has 0 bridgehead atoms. The Kier molecular flexibility index (Phi) is 7.38. The van der Waals surface area contributed by atoms with E-state index in [9.17, 15) is 0 Å². The van der Waals surface area contributed by atoms with Crippen LogP contribution < -0.4 is 0 Å². The summed E-state index contributed by atoms with van der Waals surface area (Å²) in [6, 6.07) is 0. The lowest BCUT2D eigenvalue weighted by Crippen LogP contribution is -2.49. The van der Waals surface area contributed by atoms with Crippen molar-refractivity contribution in [2.45, 2.75) is 59.3 Å². The molecule has 2 heteroatoms. The van der Waals surface area contributed by atoms with E-state index in [2.05, 4.69) is 27.8 Å². The highest BCUT2D eigenvalue weighted by Crippen LogP contribution is 2.18. The third-order valence-electron chi connectivity index (χ3n) is 5.74. The average Bonchev–Trinajstić information content (AvgIpc) is 2.44. The van der Waals surface area contributed by atoms with E-state index < -0.39 is 0 Å². The second-order valence-electron chi connectivity index (χ2n) is 6.93. The van der Waals surface area contributed by atoms with Gasteiger partial charge in [-0.1, -0.05) is 0 Å². The molecular formula is C17H38N2+2. The number of unbranched alkanes of at least 4 members (excludes halogenated alkanes) is 2. The minimum atomic E-state index is 1.31. The van der Waals surface area contributed by atoms with Gasteiger partial charge in [0.05, 0.1) is 52.9 Å². The Bertz CT molecular complexity index is 219. The molecule has 0 aromatic rings. The van der Waals surface area contributed by atoms with E-state index in [4.69, 9.17) is 0 Å². The molecule has 1 rings (SSSR count). The molecule has 0 radical (unpaired) electrons. The Morgan fingerprint density at radius 1 is 0.789 bits per heavy atom. The van der Waals surface area contributed by atoms with Crippen molar-refractivity contribution in [3.63, 3.8) is 0 Å². The fourth-order valence-electron chi connectivity index (χ4n) is 3.76. The third kappa shape index (κ3) is 5.43. The summed E-state index contributed by atoms with van der Waals surface area (Å²) in [4.78, 5) is 0. The maximum Gasteiger partial charge on any atom is 0.0786 e. The number of piperidine rings is 1. The van der Waals surface area contributed by atoms with Crippen LogP contribution in [0.25, 0.3) is 0 Å². The van der Waals surface area contributed by atoms with Crippen LogP contribution in [0.4, 0.5) is 0 Å². The molecule has 1 fully saturated rings. The van der Waals surface area contributed by atoms with Gasteiger partial charge < -0.3 is 8.97 Å². The van der Waals surface area contributed by atoms with Gasteiger partial charge in [0.25, 0.3) is 0 Å². The van der Waals surface area contributed by atoms with E-state index in [0.29, 0.717) is 0 Å². The SMILES string of the molecule is CC[N+](CC)(CC)CCCCC[N+]1(C)CCCCC1. The minimum Gasteiger partial charge on any atom is -0.326 e. The van der Waals surface area contributed by atoms with Gasteiger partial charge in [-0.25, -0.2) is 0 Å². The van der Waals surface area contributed by atoms with Crippen LogP contribution in [0.2, 0.25) is 0 Å². The summed E-state index contributed by atoms with van der Waals surface area (Å²) in [5, 5.41) is 0. The van der Waals surface area contributed by atoms with E-state index in [0.717, 1.165) is 0 Å². The maximum absolute atomic E-state index is 2.48. The zero-order valence-corrected chi connectivity index (χ0v) is 14.1. The smallest absolute Gasteiger partial charge is 0.0786 e. The first kappa shape index (κ1) is 17.0. The molecular weight excluding hydrogens is 232 g/mol. The molecule has 0 unspecified atom stereocenters. The highest BCUT2D eigenvalue weighted by Gasteiger charge is 2.24. The van der Waals surface area contributed by atoms with Crippen molar-refractivity contribution in [2.24, 2.45) is 0 Å². The molecule has 19 heavy (non-hydrogen) atoms. The number of hydrogen-bond donors (Lipinski definition) is 0. The number of hydrogen-bond acceptors (Lipinski definition) is 0. The van der Waals surface area contributed by atoms with Crippen molar-refractivity contribution < 1.29 is 8.97 Å². The third-order valence-corrected chi connectivity index (χ3v) is 5.74. The van der Waals surface area contributed by atoms with E-state index in [-0.39, 0.29) is 0 Å². The summed E-state index contributed by atoms with van der Waals surface area (Å²) in [5.74, 6) is 0. The van der Waals surface area contributed by atoms with Gasteiger partial charge in [-0.05, 0) is 59.3 Å². The Morgan fingerprint density at radius 2 is 1.37 bits per heavy atom. The Morgan fingerprint density at radius 3 is 1.89 bits per heavy atom. The van der Waals surface area contributed by atoms with Crippen LogP contribution in [0.1, 0.15) is 59.3 Å². The molecule has 0 aromatic heterocycles. The Hall–Kier alpha value is -0.0800. The van der Waals surface area contributed by atoms with Crippen LogP contribution in [0, 0.1) is 0 Å². The van der Waals surface area contributed by atoms with E-state index in [1.54, 1.807) is 0 Å². The van der Waals surface area contributed by atoms with Gasteiger partial charge in [0.1, 0.15) is 0 Å². The lowest BCUT2D eigenvalue weighted by atomic mass is 10.1. The van der Waals surface area contributed by atoms with Gasteiger partial charge in [0.2, 0.25) is 0 Å². The highest BCUT2D eigenvalue weighted by molar-refractivity contribution is 4.52. The van der Waals surface area contributed by atoms with Gasteiger partial charge in [-0.3, -0.25) is 0 Å². The quantitative estimate of drug-likeness (QED) is 0.443. The molecule has 0 amide bonds. The first-order chi connectivity index (χ1) is 9.10. The average molecular weight is 271 g/mol. The van der Waals surface area contributed by atoms with Crippen LogP contribution in [-0.2, 0) is 0 Å². The zero-order chi connectivity index (χ0) is 14.2. The molecule has 114 valence electrons. The Labute approximate surface area is 122 Å². The van der Waals surface area contributed by atoms with E-state index in [1.807, 2.05) is 0 Å². The molecule has 1 heterocycles. The first-order valence-corrected chi connectivity index (χ1v) is 8.78. The van der Waals surface area contributed by atoms with E-state index >= 15 is 0 Å². The van der Waals surface area contributed by atoms with Gasteiger partial charge in [-0.2, -0.15) is 0 Å². The van der Waals surface area contributed by atoms with Crippen LogP contribution in [0.5, 0.6) is 0 Å². The normalized spacial score (nSPS) is 19.6. The summed E-state index contributed by atoms with van der Waals surface area (Å²) in [6.07, 6.45) is 8.68. The summed E-state index contributed by atoms with van der Waals surface area (Å²) >= 11 is 0. The van der Waals surface area contributed by atoms with Crippen LogP contribution in [0.15, 0.2) is 0 Å². The number of rotatable bonds is 9. The molecule has 0 aliphatic carbocycles. The predicted molar refractivity (Wildman–Crippen MR) is 85.2 cm³/mol. The van der Waals surface area contributed by atoms with Crippen molar-refractivity contribution in [1.29, 1.82) is 0 Å². The van der Waals surface area contributed by atoms with Crippen LogP contribution in [0.3, 0.4) is 0 Å². The van der Waals surface area contributed by atoms with Crippen molar-refractivity contribution in [1.82, 2.24) is 0 Å². The van der Waals surface area contributed by atoms with Crippen molar-refractivity contribution >= 4 is 0 Å². The molecule has 1 saturated heterocycles. The fourth-order valence-corrected chi connectivity index (χ4v) is 3.76. The predicted octanol–water partition coefficient (Wildman–Crippen LogP) is 3.66. The molecule has 0 saturated carbocycles. The van der Waals surface area contributed by atoms with Crippen molar-refractivity contribution in [3.05, 3.63) is 0 Å².